The van der Waals surface area contributed by atoms with Crippen molar-refractivity contribution in [1.29, 1.82) is 0 Å². The van der Waals surface area contributed by atoms with E-state index in [2.05, 4.69) is 16.7 Å². The summed E-state index contributed by atoms with van der Waals surface area (Å²) in [6.07, 6.45) is 2.49. The van der Waals surface area contributed by atoms with Crippen molar-refractivity contribution >= 4 is 23.8 Å². The zero-order chi connectivity index (χ0) is 30.0. The van der Waals surface area contributed by atoms with Gasteiger partial charge in [-0.2, -0.15) is 0 Å². The van der Waals surface area contributed by atoms with E-state index in [0.717, 1.165) is 24.8 Å². The molecule has 3 unspecified atom stereocenters. The number of carbonyl (C=O) groups is 4. The van der Waals surface area contributed by atoms with Crippen molar-refractivity contribution in [3.63, 3.8) is 0 Å². The number of likely N-dealkylation sites (tertiary alicyclic amines) is 1. The Balaban J connectivity index is 1.75. The van der Waals surface area contributed by atoms with Gasteiger partial charge in [0, 0.05) is 19.6 Å². The zero-order valence-corrected chi connectivity index (χ0v) is 25.2. The van der Waals surface area contributed by atoms with E-state index in [-0.39, 0.29) is 30.4 Å². The Morgan fingerprint density at radius 3 is 2.38 bits per heavy atom. The van der Waals surface area contributed by atoms with Crippen LogP contribution >= 0.6 is 0 Å². The maximum Gasteiger partial charge on any atom is 0.410 e. The molecule has 0 aromatic heterocycles. The molecule has 10 heteroatoms. The highest BCUT2D eigenvalue weighted by molar-refractivity contribution is 5.94. The Morgan fingerprint density at radius 1 is 1.10 bits per heavy atom. The van der Waals surface area contributed by atoms with Crippen molar-refractivity contribution in [2.45, 2.75) is 110 Å². The molecule has 1 aromatic carbocycles. The van der Waals surface area contributed by atoms with Crippen LogP contribution in [0.2, 0.25) is 0 Å². The lowest BCUT2D eigenvalue weighted by atomic mass is 9.85. The molecule has 0 saturated carbocycles. The smallest absolute Gasteiger partial charge is 0.410 e. The van der Waals surface area contributed by atoms with E-state index in [1.807, 2.05) is 39.0 Å². The topological polar surface area (TPSA) is 134 Å². The molecule has 0 spiro atoms. The van der Waals surface area contributed by atoms with E-state index in [1.54, 1.807) is 27.7 Å². The number of rotatable bonds is 6. The minimum absolute atomic E-state index is 0.117. The summed E-state index contributed by atoms with van der Waals surface area (Å²) in [7, 11) is 1.48. The molecule has 40 heavy (non-hydrogen) atoms. The number of nitrogens with two attached hydrogens (primary N) is 1. The lowest BCUT2D eigenvalue weighted by Gasteiger charge is -2.37. The molecule has 0 radical (unpaired) electrons. The number of nitrogens with zero attached hydrogens (tertiary/aromatic N) is 2. The maximum atomic E-state index is 14.0. The second kappa shape index (κ2) is 12.2. The molecular formula is C30H47N5O5. The predicted octanol–water partition coefficient (Wildman–Crippen LogP) is 2.89. The van der Waals surface area contributed by atoms with Crippen molar-refractivity contribution in [1.82, 2.24) is 20.4 Å². The van der Waals surface area contributed by atoms with Gasteiger partial charge in [0.15, 0.2) is 0 Å². The second-order valence-corrected chi connectivity index (χ2v) is 13.2. The van der Waals surface area contributed by atoms with Crippen molar-refractivity contribution in [3.05, 3.63) is 35.4 Å². The molecule has 1 saturated heterocycles. The molecule has 1 aromatic rings. The van der Waals surface area contributed by atoms with Gasteiger partial charge in [0.2, 0.25) is 17.7 Å². The first kappa shape index (κ1) is 31.4. The number of amides is 4. The van der Waals surface area contributed by atoms with Gasteiger partial charge in [-0.05, 0) is 69.9 Å². The number of fused-ring (bicyclic) bond motifs is 1. The molecule has 1 aliphatic heterocycles. The molecule has 1 aliphatic carbocycles. The van der Waals surface area contributed by atoms with Crippen LogP contribution in [0.1, 0.15) is 84.9 Å². The Labute approximate surface area is 238 Å². The summed E-state index contributed by atoms with van der Waals surface area (Å²) in [5, 5.41) is 6.02. The minimum atomic E-state index is -0.939. The predicted molar refractivity (Wildman–Crippen MR) is 153 cm³/mol. The third kappa shape index (κ3) is 7.53. The lowest BCUT2D eigenvalue weighted by Crippen LogP contribution is -2.60. The van der Waals surface area contributed by atoms with E-state index in [4.69, 9.17) is 10.5 Å². The summed E-state index contributed by atoms with van der Waals surface area (Å²) in [6.45, 7) is 12.6. The van der Waals surface area contributed by atoms with Crippen molar-refractivity contribution in [2.75, 3.05) is 13.6 Å². The highest BCUT2D eigenvalue weighted by Crippen LogP contribution is 2.31. The molecular weight excluding hydrogens is 510 g/mol. The second-order valence-electron chi connectivity index (χ2n) is 13.2. The minimum Gasteiger partial charge on any atom is -0.444 e. The van der Waals surface area contributed by atoms with E-state index in [0.29, 0.717) is 6.42 Å². The highest BCUT2D eigenvalue weighted by Gasteiger charge is 2.45. The maximum absolute atomic E-state index is 14.0. The normalized spacial score (nSPS) is 22.5. The summed E-state index contributed by atoms with van der Waals surface area (Å²) in [5.41, 5.74) is 7.23. The molecule has 5 atom stereocenters. The van der Waals surface area contributed by atoms with Crippen LogP contribution in [0, 0.1) is 5.41 Å². The van der Waals surface area contributed by atoms with Gasteiger partial charge in [-0.3, -0.25) is 19.3 Å². The number of hydrogen-bond acceptors (Lipinski definition) is 6. The number of aryl methyl sites for hydroxylation is 1. The van der Waals surface area contributed by atoms with E-state index < -0.39 is 41.1 Å². The first-order valence-electron chi connectivity index (χ1n) is 14.2. The van der Waals surface area contributed by atoms with Gasteiger partial charge >= 0.3 is 6.09 Å². The van der Waals surface area contributed by atoms with Gasteiger partial charge in [0.1, 0.15) is 23.7 Å². The fraction of sp³-hybridized carbons (Fsp3) is 0.667. The van der Waals surface area contributed by atoms with Crippen LogP contribution in [-0.4, -0.2) is 77.0 Å². The SMILES string of the molecule is C[C@@H](C(=O)NC(C(=O)N1C[C@@H](N)CC1C(=O)NC1CCCc2ccccc21)C(C)(C)C)N(C)C(=O)OC(C)(C)C. The largest absolute Gasteiger partial charge is 0.444 e. The first-order valence-corrected chi connectivity index (χ1v) is 14.2. The van der Waals surface area contributed by atoms with Crippen molar-refractivity contribution in [2.24, 2.45) is 11.1 Å². The Morgan fingerprint density at radius 2 is 1.75 bits per heavy atom. The molecule has 10 nitrogen and oxygen atoms in total. The standard InChI is InChI=1S/C30H47N5O5/c1-18(34(8)28(39)40-30(5,6)7)25(36)33-24(29(2,3)4)27(38)35-17-20(31)16-23(35)26(37)32-22-15-11-13-19-12-9-10-14-21(19)22/h9-10,12,14,18,20,22-24H,11,13,15-17,31H2,1-8H3,(H,32,37)(H,33,36)/t18-,20-,22?,23?,24?/m0/s1. The molecule has 0 bridgehead atoms. The van der Waals surface area contributed by atoms with Crippen molar-refractivity contribution < 1.29 is 23.9 Å². The van der Waals surface area contributed by atoms with Crippen LogP contribution in [0.3, 0.4) is 0 Å². The average Bonchev–Trinajstić information content (AvgIpc) is 3.26. The van der Waals surface area contributed by atoms with Gasteiger partial charge in [-0.15, -0.1) is 0 Å². The number of ether oxygens (including phenoxy) is 1. The number of benzene rings is 1. The number of likely N-dealkylation sites (N-methyl/N-ethyl adjacent to an activating group) is 1. The summed E-state index contributed by atoms with van der Waals surface area (Å²) in [6, 6.07) is 5.08. The Kier molecular flexibility index (Phi) is 9.54. The average molecular weight is 558 g/mol. The quantitative estimate of drug-likeness (QED) is 0.493. The van der Waals surface area contributed by atoms with Crippen LogP contribution in [0.25, 0.3) is 0 Å². The van der Waals surface area contributed by atoms with E-state index in [1.165, 1.54) is 22.4 Å². The highest BCUT2D eigenvalue weighted by atomic mass is 16.6. The van der Waals surface area contributed by atoms with Gasteiger partial charge in [0.05, 0.1) is 6.04 Å². The van der Waals surface area contributed by atoms with Crippen molar-refractivity contribution in [3.8, 4) is 0 Å². The lowest BCUT2D eigenvalue weighted by molar-refractivity contribution is -0.144. The van der Waals surface area contributed by atoms with E-state index >= 15 is 0 Å². The summed E-state index contributed by atoms with van der Waals surface area (Å²) >= 11 is 0. The molecule has 4 amide bonds. The molecule has 4 N–H and O–H groups in total. The van der Waals surface area contributed by atoms with Gasteiger partial charge in [-0.25, -0.2) is 4.79 Å². The monoisotopic (exact) mass is 557 g/mol. The molecule has 3 rings (SSSR count). The summed E-state index contributed by atoms with van der Waals surface area (Å²) < 4.78 is 5.38. The summed E-state index contributed by atoms with van der Waals surface area (Å²) in [4.78, 5) is 56.0. The van der Waals surface area contributed by atoms with Gasteiger partial charge in [0.25, 0.3) is 0 Å². The van der Waals surface area contributed by atoms with Crippen LogP contribution in [0.5, 0.6) is 0 Å². The van der Waals surface area contributed by atoms with Gasteiger partial charge < -0.3 is 26.0 Å². The Hall–Kier alpha value is -3.14. The molecule has 222 valence electrons. The van der Waals surface area contributed by atoms with E-state index in [9.17, 15) is 19.2 Å². The third-order valence-electron chi connectivity index (χ3n) is 7.65. The molecule has 1 heterocycles. The third-order valence-corrected chi connectivity index (χ3v) is 7.65. The van der Waals surface area contributed by atoms with Gasteiger partial charge in [-0.1, -0.05) is 45.0 Å². The van der Waals surface area contributed by atoms with Crippen LogP contribution in [0.4, 0.5) is 4.79 Å². The molecule has 1 fully saturated rings. The Bertz CT molecular complexity index is 1110. The fourth-order valence-corrected chi connectivity index (χ4v) is 5.28. The molecule has 2 aliphatic rings. The summed E-state index contributed by atoms with van der Waals surface area (Å²) in [5.74, 6) is -1.10. The number of carbonyl (C=O) groups excluding carboxylic acids is 4. The number of hydrogen-bond donors (Lipinski definition) is 3. The fourth-order valence-electron chi connectivity index (χ4n) is 5.28. The van der Waals surface area contributed by atoms with Crippen LogP contribution < -0.4 is 16.4 Å². The first-order chi connectivity index (χ1) is 18.5. The van der Waals surface area contributed by atoms with Crippen LogP contribution in [0.15, 0.2) is 24.3 Å². The number of nitrogens with one attached hydrogen (secondary N) is 2. The van der Waals surface area contributed by atoms with Crippen LogP contribution in [-0.2, 0) is 25.5 Å². The zero-order valence-electron chi connectivity index (χ0n) is 25.2.